The molecule has 0 radical (unpaired) electrons. The number of hydroxylamine groups is 1. The highest BCUT2D eigenvalue weighted by molar-refractivity contribution is 5.76. The minimum absolute atomic E-state index is 0.00151. The molecule has 12 nitrogen and oxygen atoms in total. The predicted molar refractivity (Wildman–Crippen MR) is 170 cm³/mol. The molecular weight excluding hydrogens is 588 g/mol. The number of piperazine rings is 1. The topological polar surface area (TPSA) is 149 Å². The van der Waals surface area contributed by atoms with Crippen LogP contribution in [0.3, 0.4) is 0 Å². The molecule has 2 fully saturated rings. The average Bonchev–Trinajstić information content (AvgIpc) is 3.11. The van der Waals surface area contributed by atoms with Crippen LogP contribution in [0, 0.1) is 0 Å². The van der Waals surface area contributed by atoms with Gasteiger partial charge in [0.25, 0.3) is 0 Å². The zero-order chi connectivity index (χ0) is 32.1. The van der Waals surface area contributed by atoms with Gasteiger partial charge in [-0.05, 0) is 35.6 Å². The van der Waals surface area contributed by atoms with Gasteiger partial charge in [-0.3, -0.25) is 19.7 Å². The summed E-state index contributed by atoms with van der Waals surface area (Å²) in [5.41, 5.74) is 5.42. The van der Waals surface area contributed by atoms with Crippen LogP contribution in [0.1, 0.15) is 73.2 Å². The lowest BCUT2D eigenvalue weighted by atomic mass is 9.99. The Morgan fingerprint density at radius 1 is 0.826 bits per heavy atom. The summed E-state index contributed by atoms with van der Waals surface area (Å²) in [5.74, 6) is 0.318. The van der Waals surface area contributed by atoms with Crippen LogP contribution in [0.15, 0.2) is 67.0 Å². The monoisotopic (exact) mass is 632 g/mol. The molecule has 2 aliphatic heterocycles. The van der Waals surface area contributed by atoms with Gasteiger partial charge in [0.05, 0.1) is 18.8 Å². The number of aliphatic hydroxyl groups is 1. The summed E-state index contributed by atoms with van der Waals surface area (Å²) in [6, 6.07) is 17.7. The number of benzene rings is 2. The maximum absolute atomic E-state index is 12.3. The van der Waals surface area contributed by atoms with Crippen molar-refractivity contribution in [3.63, 3.8) is 0 Å². The van der Waals surface area contributed by atoms with E-state index in [9.17, 15) is 14.7 Å². The van der Waals surface area contributed by atoms with E-state index in [2.05, 4.69) is 25.1 Å². The van der Waals surface area contributed by atoms with Gasteiger partial charge in [0.2, 0.25) is 17.8 Å². The Balaban J connectivity index is 1.16. The van der Waals surface area contributed by atoms with Crippen LogP contribution >= 0.6 is 0 Å². The maximum Gasteiger partial charge on any atom is 0.243 e. The molecule has 3 heterocycles. The molecule has 3 unspecified atom stereocenters. The number of rotatable bonds is 14. The number of aliphatic hydroxyl groups excluding tert-OH is 1. The van der Waals surface area contributed by atoms with Crippen molar-refractivity contribution in [3.05, 3.63) is 89.2 Å². The Labute approximate surface area is 269 Å². The highest BCUT2D eigenvalue weighted by Crippen LogP contribution is 2.38. The van der Waals surface area contributed by atoms with Crippen molar-refractivity contribution in [1.29, 1.82) is 0 Å². The van der Waals surface area contributed by atoms with Gasteiger partial charge < -0.3 is 24.8 Å². The summed E-state index contributed by atoms with van der Waals surface area (Å²) in [6.07, 6.45) is 6.20. The summed E-state index contributed by atoms with van der Waals surface area (Å²) < 4.78 is 13.1. The van der Waals surface area contributed by atoms with Crippen LogP contribution in [0.4, 0.5) is 5.95 Å². The molecule has 2 saturated heterocycles. The van der Waals surface area contributed by atoms with Crippen molar-refractivity contribution < 1.29 is 29.4 Å². The standard InChI is InChI=1S/C34H44N6O6/c41-24-26-9-11-27(12-10-26)30-21-29(23-39-17-19-40(20-18-39)34-35-15-4-16-36-34)45-33(46-30)28-13-7-25(8-14-28)22-37-31(42)5-2-1-3-6-32(43)38-44/h4,7-16,29-30,33,41,44H,1-3,5-6,17-24H2,(H,37,42)(H,38,43). The van der Waals surface area contributed by atoms with Gasteiger partial charge in [0.1, 0.15) is 0 Å². The van der Waals surface area contributed by atoms with Crippen LogP contribution in [0.5, 0.6) is 0 Å². The van der Waals surface area contributed by atoms with Crippen LogP contribution in [0.2, 0.25) is 0 Å². The van der Waals surface area contributed by atoms with E-state index in [1.54, 1.807) is 17.9 Å². The Morgan fingerprint density at radius 3 is 2.15 bits per heavy atom. The summed E-state index contributed by atoms with van der Waals surface area (Å²) in [7, 11) is 0. The van der Waals surface area contributed by atoms with Gasteiger partial charge in [0.15, 0.2) is 6.29 Å². The lowest BCUT2D eigenvalue weighted by Gasteiger charge is -2.40. The minimum Gasteiger partial charge on any atom is -0.392 e. The highest BCUT2D eigenvalue weighted by atomic mass is 16.7. The first-order chi connectivity index (χ1) is 22.5. The van der Waals surface area contributed by atoms with Crippen molar-refractivity contribution in [2.45, 2.75) is 70.2 Å². The van der Waals surface area contributed by atoms with Gasteiger partial charge in [0, 0.05) is 76.5 Å². The van der Waals surface area contributed by atoms with Gasteiger partial charge in [-0.15, -0.1) is 0 Å². The van der Waals surface area contributed by atoms with Crippen LogP contribution in [-0.4, -0.2) is 75.8 Å². The predicted octanol–water partition coefficient (Wildman–Crippen LogP) is 3.41. The van der Waals surface area contributed by atoms with Crippen molar-refractivity contribution >= 4 is 17.8 Å². The van der Waals surface area contributed by atoms with E-state index in [0.717, 1.165) is 73.8 Å². The lowest BCUT2D eigenvalue weighted by molar-refractivity contribution is -0.253. The Bertz CT molecular complexity index is 1370. The molecule has 4 N–H and O–H groups in total. The largest absolute Gasteiger partial charge is 0.392 e. The average molecular weight is 633 g/mol. The third-order valence-corrected chi connectivity index (χ3v) is 8.46. The third-order valence-electron chi connectivity index (χ3n) is 8.46. The molecule has 12 heteroatoms. The second-order valence-electron chi connectivity index (χ2n) is 11.8. The van der Waals surface area contributed by atoms with Crippen molar-refractivity contribution in [2.24, 2.45) is 0 Å². The molecule has 3 aromatic rings. The van der Waals surface area contributed by atoms with Gasteiger partial charge in [-0.1, -0.05) is 55.0 Å². The first-order valence-corrected chi connectivity index (χ1v) is 16.0. The van der Waals surface area contributed by atoms with Gasteiger partial charge >= 0.3 is 0 Å². The smallest absolute Gasteiger partial charge is 0.243 e. The normalized spacial score (nSPS) is 20.3. The molecule has 5 rings (SSSR count). The van der Waals surface area contributed by atoms with Crippen molar-refractivity contribution in [2.75, 3.05) is 37.6 Å². The number of carbonyl (C=O) groups is 2. The van der Waals surface area contributed by atoms with Crippen LogP contribution in [0.25, 0.3) is 0 Å². The number of amides is 2. The summed E-state index contributed by atoms with van der Waals surface area (Å²) in [4.78, 5) is 36.8. The van der Waals surface area contributed by atoms with E-state index in [0.29, 0.717) is 25.8 Å². The highest BCUT2D eigenvalue weighted by Gasteiger charge is 2.34. The van der Waals surface area contributed by atoms with E-state index >= 15 is 0 Å². The quantitative estimate of drug-likeness (QED) is 0.118. The third kappa shape index (κ3) is 9.78. The first kappa shape index (κ1) is 33.4. The fraction of sp³-hybridized carbons (Fsp3) is 0.471. The number of unbranched alkanes of at least 4 members (excludes halogenated alkanes) is 2. The Morgan fingerprint density at radius 2 is 1.48 bits per heavy atom. The number of aromatic nitrogens is 2. The fourth-order valence-electron chi connectivity index (χ4n) is 5.79. The van der Waals surface area contributed by atoms with Crippen LogP contribution in [-0.2, 0) is 32.2 Å². The molecule has 1 aromatic heterocycles. The fourth-order valence-corrected chi connectivity index (χ4v) is 5.79. The summed E-state index contributed by atoms with van der Waals surface area (Å²) in [5, 5.41) is 21.0. The van der Waals surface area contributed by atoms with Gasteiger partial charge in [-0.25, -0.2) is 15.4 Å². The molecule has 246 valence electrons. The number of ether oxygens (including phenoxy) is 2. The molecule has 2 aliphatic rings. The molecule has 0 spiro atoms. The number of nitrogens with one attached hydrogen (secondary N) is 2. The maximum atomic E-state index is 12.3. The first-order valence-electron chi connectivity index (χ1n) is 16.0. The molecule has 46 heavy (non-hydrogen) atoms. The zero-order valence-corrected chi connectivity index (χ0v) is 26.1. The van der Waals surface area contributed by atoms with Crippen molar-refractivity contribution in [3.8, 4) is 0 Å². The van der Waals surface area contributed by atoms with Crippen molar-refractivity contribution in [1.82, 2.24) is 25.7 Å². The van der Waals surface area contributed by atoms with E-state index < -0.39 is 12.2 Å². The number of nitrogens with zero attached hydrogens (tertiary/aromatic N) is 4. The molecule has 0 bridgehead atoms. The number of anilines is 1. The Hall–Kier alpha value is -3.94. The molecule has 2 amide bonds. The molecule has 2 aromatic carbocycles. The lowest BCUT2D eigenvalue weighted by Crippen LogP contribution is -2.50. The SMILES string of the molecule is O=C(CCCCCC(=O)NCc1ccc(C2OC(CN3CCN(c4ncccn4)CC3)CC(c3ccc(CO)cc3)O2)cc1)NO. The van der Waals surface area contributed by atoms with E-state index in [1.807, 2.05) is 54.6 Å². The summed E-state index contributed by atoms with van der Waals surface area (Å²) >= 11 is 0. The van der Waals surface area contributed by atoms with E-state index in [-0.39, 0.29) is 31.1 Å². The minimum atomic E-state index is -0.545. The number of carbonyl (C=O) groups excluding carboxylic acids is 2. The van der Waals surface area contributed by atoms with Gasteiger partial charge in [-0.2, -0.15) is 0 Å². The second-order valence-corrected chi connectivity index (χ2v) is 11.8. The zero-order valence-electron chi connectivity index (χ0n) is 26.1. The Kier molecular flexibility index (Phi) is 12.4. The molecule has 0 aliphatic carbocycles. The summed E-state index contributed by atoms with van der Waals surface area (Å²) in [6.45, 7) is 4.68. The van der Waals surface area contributed by atoms with E-state index in [1.165, 1.54) is 0 Å². The number of hydrogen-bond donors (Lipinski definition) is 4. The van der Waals surface area contributed by atoms with Crippen LogP contribution < -0.4 is 15.7 Å². The van der Waals surface area contributed by atoms with E-state index in [4.69, 9.17) is 14.7 Å². The molecule has 0 saturated carbocycles. The number of hydrogen-bond acceptors (Lipinski definition) is 10. The molecule has 3 atom stereocenters. The second kappa shape index (κ2) is 17.1. The molecular formula is C34H44N6O6.